The molecule has 1 amide bonds. The van der Waals surface area contributed by atoms with Crippen LogP contribution < -0.4 is 15.9 Å². The Hall–Kier alpha value is -1.95. The second-order valence-electron chi connectivity index (χ2n) is 4.94. The zero-order valence-corrected chi connectivity index (χ0v) is 12.4. The number of amidine groups is 1. The molecule has 1 aromatic rings. The van der Waals surface area contributed by atoms with Crippen LogP contribution in [0.25, 0.3) is 0 Å². The number of para-hydroxylation sites is 1. The van der Waals surface area contributed by atoms with Crippen molar-refractivity contribution >= 4 is 23.5 Å². The number of hydrogen-bond donors (Lipinski definition) is 2. The molecule has 7 heteroatoms. The van der Waals surface area contributed by atoms with Crippen LogP contribution in [0.2, 0.25) is 5.02 Å². The lowest BCUT2D eigenvalue weighted by molar-refractivity contribution is 0.0529. The van der Waals surface area contributed by atoms with Crippen LogP contribution in [0.1, 0.15) is 20.8 Å². The van der Waals surface area contributed by atoms with Gasteiger partial charge >= 0.3 is 6.09 Å². The molecule has 0 spiro atoms. The van der Waals surface area contributed by atoms with Crippen LogP contribution >= 0.6 is 11.6 Å². The van der Waals surface area contributed by atoms with Gasteiger partial charge in [-0.25, -0.2) is 10.2 Å². The normalized spacial score (nSPS) is 11.9. The number of benzene rings is 1. The molecular weight excluding hydrogens is 282 g/mol. The molecule has 0 fully saturated rings. The average Bonchev–Trinajstić information content (AvgIpc) is 2.33. The number of nitrogens with one attached hydrogen (secondary N) is 1. The van der Waals surface area contributed by atoms with Gasteiger partial charge in [0.1, 0.15) is 18.0 Å². The third kappa shape index (κ3) is 6.29. The molecule has 0 saturated heterocycles. The number of halogens is 1. The van der Waals surface area contributed by atoms with E-state index in [1.807, 2.05) is 0 Å². The maximum absolute atomic E-state index is 11.3. The van der Waals surface area contributed by atoms with Gasteiger partial charge in [0.05, 0.1) is 5.02 Å². The number of hydrazone groups is 1. The first kappa shape index (κ1) is 16.1. The molecule has 0 bridgehead atoms. The van der Waals surface area contributed by atoms with Crippen molar-refractivity contribution in [2.75, 3.05) is 6.61 Å². The Labute approximate surface area is 122 Å². The monoisotopic (exact) mass is 299 g/mol. The summed E-state index contributed by atoms with van der Waals surface area (Å²) in [4.78, 5) is 11.3. The Morgan fingerprint density at radius 2 is 2.05 bits per heavy atom. The summed E-state index contributed by atoms with van der Waals surface area (Å²) in [7, 11) is 0. The van der Waals surface area contributed by atoms with Crippen molar-refractivity contribution < 1.29 is 14.3 Å². The van der Waals surface area contributed by atoms with Crippen molar-refractivity contribution in [1.29, 1.82) is 0 Å². The summed E-state index contributed by atoms with van der Waals surface area (Å²) in [5.41, 5.74) is 7.18. The summed E-state index contributed by atoms with van der Waals surface area (Å²) in [5.74, 6) is 0.584. The van der Waals surface area contributed by atoms with E-state index in [0.29, 0.717) is 10.8 Å². The fraction of sp³-hybridized carbons (Fsp3) is 0.385. The van der Waals surface area contributed by atoms with Crippen molar-refractivity contribution in [3.05, 3.63) is 29.3 Å². The molecule has 1 aromatic carbocycles. The zero-order valence-electron chi connectivity index (χ0n) is 11.6. The van der Waals surface area contributed by atoms with Gasteiger partial charge in [0.25, 0.3) is 0 Å². The number of nitrogens with two attached hydrogens (primary N) is 1. The van der Waals surface area contributed by atoms with E-state index in [1.165, 1.54) is 0 Å². The van der Waals surface area contributed by atoms with E-state index < -0.39 is 11.7 Å². The SMILES string of the molecule is CC(C)(C)OC(=O)N/N=C(/N)COc1ccccc1Cl. The van der Waals surface area contributed by atoms with E-state index in [2.05, 4.69) is 10.5 Å². The summed E-state index contributed by atoms with van der Waals surface area (Å²) in [6, 6.07) is 6.98. The minimum absolute atomic E-state index is 0.000465. The number of carbonyl (C=O) groups excluding carboxylic acids is 1. The van der Waals surface area contributed by atoms with Gasteiger partial charge in [-0.3, -0.25) is 0 Å². The molecule has 0 aliphatic carbocycles. The lowest BCUT2D eigenvalue weighted by Gasteiger charge is -2.18. The lowest BCUT2D eigenvalue weighted by atomic mass is 10.2. The van der Waals surface area contributed by atoms with Crippen LogP contribution in [0.4, 0.5) is 4.79 Å². The van der Waals surface area contributed by atoms with Crippen molar-refractivity contribution in [1.82, 2.24) is 5.43 Å². The Morgan fingerprint density at radius 3 is 2.65 bits per heavy atom. The minimum atomic E-state index is -0.682. The molecule has 20 heavy (non-hydrogen) atoms. The number of hydrogen-bond acceptors (Lipinski definition) is 4. The second-order valence-corrected chi connectivity index (χ2v) is 5.34. The second kappa shape index (κ2) is 7.00. The van der Waals surface area contributed by atoms with E-state index in [-0.39, 0.29) is 12.4 Å². The van der Waals surface area contributed by atoms with Crippen LogP contribution in [-0.4, -0.2) is 24.1 Å². The average molecular weight is 300 g/mol. The molecule has 0 aliphatic rings. The molecule has 0 unspecified atom stereocenters. The number of ether oxygens (including phenoxy) is 2. The topological polar surface area (TPSA) is 85.9 Å². The third-order valence-corrected chi connectivity index (χ3v) is 2.21. The van der Waals surface area contributed by atoms with Crippen molar-refractivity contribution in [3.63, 3.8) is 0 Å². The van der Waals surface area contributed by atoms with Crippen LogP contribution in [0.5, 0.6) is 5.75 Å². The van der Waals surface area contributed by atoms with Gasteiger partial charge in [0.2, 0.25) is 0 Å². The molecule has 6 nitrogen and oxygen atoms in total. The standard InChI is InChI=1S/C13H18ClN3O3/c1-13(2,3)20-12(18)17-16-11(15)8-19-10-7-5-4-6-9(10)14/h4-7H,8H2,1-3H3,(H2,15,16)(H,17,18). The summed E-state index contributed by atoms with van der Waals surface area (Å²) in [6.45, 7) is 5.25. The van der Waals surface area contributed by atoms with E-state index in [1.54, 1.807) is 45.0 Å². The first-order chi connectivity index (χ1) is 9.28. The Morgan fingerprint density at radius 1 is 1.40 bits per heavy atom. The summed E-state index contributed by atoms with van der Waals surface area (Å²) in [5, 5.41) is 4.13. The highest BCUT2D eigenvalue weighted by Gasteiger charge is 2.15. The molecule has 0 aromatic heterocycles. The predicted octanol–water partition coefficient (Wildman–Crippen LogP) is 2.52. The van der Waals surface area contributed by atoms with Gasteiger partial charge in [0.15, 0.2) is 5.84 Å². The fourth-order valence-corrected chi connectivity index (χ4v) is 1.35. The van der Waals surface area contributed by atoms with Crippen LogP contribution in [-0.2, 0) is 4.74 Å². The summed E-state index contributed by atoms with van der Waals surface area (Å²) < 4.78 is 10.3. The van der Waals surface area contributed by atoms with Gasteiger partial charge in [0, 0.05) is 0 Å². The summed E-state index contributed by atoms with van der Waals surface area (Å²) >= 11 is 5.91. The molecule has 0 radical (unpaired) electrons. The smallest absolute Gasteiger partial charge is 0.428 e. The highest BCUT2D eigenvalue weighted by molar-refractivity contribution is 6.32. The van der Waals surface area contributed by atoms with Crippen molar-refractivity contribution in [3.8, 4) is 5.75 Å². The highest BCUT2D eigenvalue weighted by atomic mass is 35.5. The molecule has 110 valence electrons. The molecule has 0 saturated carbocycles. The van der Waals surface area contributed by atoms with E-state index in [9.17, 15) is 4.79 Å². The van der Waals surface area contributed by atoms with Gasteiger partial charge in [-0.05, 0) is 32.9 Å². The third-order valence-electron chi connectivity index (χ3n) is 1.90. The number of carbonyl (C=O) groups is 1. The maximum atomic E-state index is 11.3. The highest BCUT2D eigenvalue weighted by Crippen LogP contribution is 2.22. The molecule has 3 N–H and O–H groups in total. The molecule has 0 aliphatic heterocycles. The van der Waals surface area contributed by atoms with Crippen LogP contribution in [0, 0.1) is 0 Å². The number of rotatable bonds is 4. The van der Waals surface area contributed by atoms with Gasteiger partial charge in [-0.2, -0.15) is 5.10 Å². The Balaban J connectivity index is 2.43. The van der Waals surface area contributed by atoms with E-state index in [4.69, 9.17) is 26.8 Å². The van der Waals surface area contributed by atoms with Crippen LogP contribution in [0.15, 0.2) is 29.4 Å². The fourth-order valence-electron chi connectivity index (χ4n) is 1.16. The first-order valence-corrected chi connectivity index (χ1v) is 6.34. The maximum Gasteiger partial charge on any atom is 0.428 e. The summed E-state index contributed by atoms with van der Waals surface area (Å²) in [6.07, 6.45) is -0.682. The largest absolute Gasteiger partial charge is 0.484 e. The van der Waals surface area contributed by atoms with Gasteiger partial charge < -0.3 is 15.2 Å². The predicted molar refractivity (Wildman–Crippen MR) is 77.9 cm³/mol. The lowest BCUT2D eigenvalue weighted by Crippen LogP contribution is -2.32. The van der Waals surface area contributed by atoms with E-state index in [0.717, 1.165) is 0 Å². The molecule has 1 rings (SSSR count). The molecule has 0 atom stereocenters. The Kier molecular flexibility index (Phi) is 5.64. The quantitative estimate of drug-likeness (QED) is 0.508. The first-order valence-electron chi connectivity index (χ1n) is 5.96. The van der Waals surface area contributed by atoms with Crippen LogP contribution in [0.3, 0.4) is 0 Å². The molecule has 0 heterocycles. The minimum Gasteiger partial charge on any atom is -0.484 e. The number of nitrogens with zero attached hydrogens (tertiary/aromatic N) is 1. The van der Waals surface area contributed by atoms with E-state index >= 15 is 0 Å². The van der Waals surface area contributed by atoms with Gasteiger partial charge in [-0.15, -0.1) is 0 Å². The number of amides is 1. The van der Waals surface area contributed by atoms with Gasteiger partial charge in [-0.1, -0.05) is 23.7 Å². The van der Waals surface area contributed by atoms with Crippen molar-refractivity contribution in [2.24, 2.45) is 10.8 Å². The molecular formula is C13H18ClN3O3. The Bertz CT molecular complexity index is 498. The zero-order chi connectivity index (χ0) is 15.2. The van der Waals surface area contributed by atoms with Crippen molar-refractivity contribution in [2.45, 2.75) is 26.4 Å².